The van der Waals surface area contributed by atoms with E-state index >= 15 is 0 Å². The number of para-hydroxylation sites is 2. The van der Waals surface area contributed by atoms with Gasteiger partial charge in [0.2, 0.25) is 6.79 Å². The monoisotopic (exact) mass is 382 g/mol. The highest BCUT2D eigenvalue weighted by Gasteiger charge is 2.07. The minimum Gasteiger partial charge on any atom is -0.457 e. The van der Waals surface area contributed by atoms with Crippen molar-refractivity contribution >= 4 is 22.6 Å². The summed E-state index contributed by atoms with van der Waals surface area (Å²) in [5.74, 6) is 1.82. The summed E-state index contributed by atoms with van der Waals surface area (Å²) in [5.41, 5.74) is 2.40. The molecule has 2 nitrogen and oxygen atoms in total. The van der Waals surface area contributed by atoms with E-state index in [4.69, 9.17) is 9.47 Å². The zero-order chi connectivity index (χ0) is 14.4. The molecule has 0 aliphatic heterocycles. The van der Waals surface area contributed by atoms with Crippen LogP contribution in [0.25, 0.3) is 0 Å². The van der Waals surface area contributed by atoms with Crippen LogP contribution in [0.5, 0.6) is 11.5 Å². The minimum atomic E-state index is 0.238. The fourth-order valence-electron chi connectivity index (χ4n) is 2.10. The molecule has 0 amide bonds. The zero-order valence-electron chi connectivity index (χ0n) is 11.9. The maximum Gasteiger partial charge on any atom is 0.230 e. The summed E-state index contributed by atoms with van der Waals surface area (Å²) in [5, 5.41) is 0. The summed E-state index contributed by atoms with van der Waals surface area (Å²) >= 11 is 2.26. The Kier molecular flexibility index (Phi) is 5.71. The molecule has 2 aromatic carbocycles. The third-order valence-electron chi connectivity index (χ3n) is 3.07. The lowest BCUT2D eigenvalue weighted by Gasteiger charge is -2.15. The normalized spacial score (nSPS) is 10.3. The van der Waals surface area contributed by atoms with E-state index in [0.29, 0.717) is 0 Å². The average Bonchev–Trinajstić information content (AvgIpc) is 2.44. The summed E-state index contributed by atoms with van der Waals surface area (Å²) in [6, 6.07) is 14.2. The number of hydrogen-bond donors (Lipinski definition) is 0. The quantitative estimate of drug-likeness (QED) is 0.519. The highest BCUT2D eigenvalue weighted by atomic mass is 127. The van der Waals surface area contributed by atoms with E-state index in [9.17, 15) is 0 Å². The number of ether oxygens (including phenoxy) is 2. The molecule has 106 valence electrons. The fourth-order valence-corrected chi connectivity index (χ4v) is 2.64. The van der Waals surface area contributed by atoms with E-state index in [1.165, 1.54) is 5.56 Å². The topological polar surface area (TPSA) is 18.5 Å². The van der Waals surface area contributed by atoms with Gasteiger partial charge in [0, 0.05) is 0 Å². The second kappa shape index (κ2) is 7.53. The molecule has 2 rings (SSSR count). The molecule has 0 bridgehead atoms. The molecule has 0 spiro atoms. The van der Waals surface area contributed by atoms with Crippen molar-refractivity contribution in [3.63, 3.8) is 0 Å². The first-order chi connectivity index (χ1) is 9.72. The molecule has 0 heterocycles. The molecule has 0 saturated heterocycles. The third-order valence-corrected chi connectivity index (χ3v) is 3.96. The standard InChI is InChI=1S/C17H19IO2/c1-3-7-14-9-6-8-13(2)17(14)20-12-19-16-11-5-4-10-15(16)18/h4-6,8-11H,3,7,12H2,1-2H3. The Morgan fingerprint density at radius 1 is 1.00 bits per heavy atom. The molecule has 0 N–H and O–H groups in total. The van der Waals surface area contributed by atoms with Gasteiger partial charge in [0.25, 0.3) is 0 Å². The van der Waals surface area contributed by atoms with Gasteiger partial charge in [-0.25, -0.2) is 0 Å². The maximum absolute atomic E-state index is 5.85. The van der Waals surface area contributed by atoms with Gasteiger partial charge in [0.05, 0.1) is 3.57 Å². The molecule has 0 fully saturated rings. The molecule has 0 aliphatic rings. The van der Waals surface area contributed by atoms with Gasteiger partial charge in [-0.15, -0.1) is 0 Å². The van der Waals surface area contributed by atoms with Crippen molar-refractivity contribution in [1.29, 1.82) is 0 Å². The lowest BCUT2D eigenvalue weighted by Crippen LogP contribution is -2.09. The van der Waals surface area contributed by atoms with Gasteiger partial charge >= 0.3 is 0 Å². The first-order valence-corrected chi connectivity index (χ1v) is 7.89. The predicted molar refractivity (Wildman–Crippen MR) is 90.5 cm³/mol. The van der Waals surface area contributed by atoms with Crippen molar-refractivity contribution in [2.45, 2.75) is 26.7 Å². The Labute approximate surface area is 134 Å². The van der Waals surface area contributed by atoms with Gasteiger partial charge in [-0.2, -0.15) is 0 Å². The number of benzene rings is 2. The summed E-state index contributed by atoms with van der Waals surface area (Å²) in [7, 11) is 0. The fraction of sp³-hybridized carbons (Fsp3) is 0.294. The highest BCUT2D eigenvalue weighted by Crippen LogP contribution is 2.25. The molecule has 20 heavy (non-hydrogen) atoms. The van der Waals surface area contributed by atoms with Crippen LogP contribution in [0.3, 0.4) is 0 Å². The van der Waals surface area contributed by atoms with Crippen molar-refractivity contribution in [3.05, 3.63) is 57.2 Å². The van der Waals surface area contributed by atoms with Crippen LogP contribution in [0, 0.1) is 10.5 Å². The lowest BCUT2D eigenvalue weighted by molar-refractivity contribution is 0.117. The lowest BCUT2D eigenvalue weighted by atomic mass is 10.1. The third kappa shape index (κ3) is 3.88. The van der Waals surface area contributed by atoms with E-state index < -0.39 is 0 Å². The number of hydrogen-bond acceptors (Lipinski definition) is 2. The SMILES string of the molecule is CCCc1cccc(C)c1OCOc1ccccc1I. The highest BCUT2D eigenvalue weighted by molar-refractivity contribution is 14.1. The number of halogens is 1. The van der Waals surface area contributed by atoms with Crippen LogP contribution in [0.2, 0.25) is 0 Å². The first kappa shape index (κ1) is 15.2. The van der Waals surface area contributed by atoms with Crippen LogP contribution in [-0.2, 0) is 6.42 Å². The summed E-state index contributed by atoms with van der Waals surface area (Å²) in [6.45, 7) is 4.48. The average molecular weight is 382 g/mol. The summed E-state index contributed by atoms with van der Waals surface area (Å²) < 4.78 is 12.6. The van der Waals surface area contributed by atoms with Crippen molar-refractivity contribution in [2.24, 2.45) is 0 Å². The van der Waals surface area contributed by atoms with E-state index in [2.05, 4.69) is 54.6 Å². The van der Waals surface area contributed by atoms with Crippen LogP contribution in [0.1, 0.15) is 24.5 Å². The Hall–Kier alpha value is -1.23. The molecule has 0 radical (unpaired) electrons. The van der Waals surface area contributed by atoms with Crippen LogP contribution < -0.4 is 9.47 Å². The summed E-state index contributed by atoms with van der Waals surface area (Å²) in [6.07, 6.45) is 2.14. The minimum absolute atomic E-state index is 0.238. The molecule has 0 saturated carbocycles. The second-order valence-electron chi connectivity index (χ2n) is 4.65. The Bertz CT molecular complexity index is 567. The zero-order valence-corrected chi connectivity index (χ0v) is 14.0. The predicted octanol–water partition coefficient (Wildman–Crippen LogP) is 4.97. The Morgan fingerprint density at radius 3 is 2.55 bits per heavy atom. The molecule has 0 aromatic heterocycles. The van der Waals surface area contributed by atoms with Gasteiger partial charge in [0.1, 0.15) is 11.5 Å². The smallest absolute Gasteiger partial charge is 0.230 e. The molecule has 0 atom stereocenters. The van der Waals surface area contributed by atoms with Gasteiger partial charge in [0.15, 0.2) is 0 Å². The molecule has 2 aromatic rings. The number of rotatable bonds is 6. The molecular formula is C17H19IO2. The van der Waals surface area contributed by atoms with Gasteiger partial charge in [-0.05, 0) is 59.2 Å². The van der Waals surface area contributed by atoms with Crippen molar-refractivity contribution in [2.75, 3.05) is 6.79 Å². The van der Waals surface area contributed by atoms with Crippen LogP contribution in [-0.4, -0.2) is 6.79 Å². The van der Waals surface area contributed by atoms with Crippen molar-refractivity contribution in [3.8, 4) is 11.5 Å². The van der Waals surface area contributed by atoms with Gasteiger partial charge in [-0.3, -0.25) is 0 Å². The van der Waals surface area contributed by atoms with E-state index in [1.807, 2.05) is 24.3 Å². The second-order valence-corrected chi connectivity index (χ2v) is 5.81. The van der Waals surface area contributed by atoms with Crippen molar-refractivity contribution in [1.82, 2.24) is 0 Å². The van der Waals surface area contributed by atoms with Crippen molar-refractivity contribution < 1.29 is 9.47 Å². The Morgan fingerprint density at radius 2 is 1.80 bits per heavy atom. The van der Waals surface area contributed by atoms with Gasteiger partial charge < -0.3 is 9.47 Å². The van der Waals surface area contributed by atoms with Crippen LogP contribution >= 0.6 is 22.6 Å². The van der Waals surface area contributed by atoms with Gasteiger partial charge in [-0.1, -0.05) is 43.7 Å². The molecule has 0 aliphatic carbocycles. The van der Waals surface area contributed by atoms with Crippen LogP contribution in [0.4, 0.5) is 0 Å². The largest absolute Gasteiger partial charge is 0.457 e. The Balaban J connectivity index is 2.02. The molecular weight excluding hydrogens is 363 g/mol. The summed E-state index contributed by atoms with van der Waals surface area (Å²) in [4.78, 5) is 0. The van der Waals surface area contributed by atoms with E-state index in [-0.39, 0.29) is 6.79 Å². The van der Waals surface area contributed by atoms with E-state index in [1.54, 1.807) is 0 Å². The molecule has 0 unspecified atom stereocenters. The number of aryl methyl sites for hydroxylation is 2. The van der Waals surface area contributed by atoms with E-state index in [0.717, 1.165) is 33.5 Å². The van der Waals surface area contributed by atoms with Crippen LogP contribution in [0.15, 0.2) is 42.5 Å². The first-order valence-electron chi connectivity index (χ1n) is 6.81. The maximum atomic E-state index is 5.85. The molecule has 3 heteroatoms.